The van der Waals surface area contributed by atoms with Gasteiger partial charge in [0.1, 0.15) is 6.04 Å². The predicted octanol–water partition coefficient (Wildman–Crippen LogP) is 1.01. The lowest BCUT2D eigenvalue weighted by atomic mass is 10.1. The number of hydrogen-bond donors (Lipinski definition) is 2. The maximum Gasteiger partial charge on any atom is 0.239 e. The lowest BCUT2D eigenvalue weighted by molar-refractivity contribution is -0.118. The van der Waals surface area contributed by atoms with Gasteiger partial charge in [-0.1, -0.05) is 0 Å². The third kappa shape index (κ3) is 1.88. The zero-order chi connectivity index (χ0) is 11.7. The minimum Gasteiger partial charge on any atom is -0.454 e. The van der Waals surface area contributed by atoms with Crippen molar-refractivity contribution >= 4 is 11.6 Å². The van der Waals surface area contributed by atoms with Crippen LogP contribution in [0.5, 0.6) is 11.5 Å². The zero-order valence-electron chi connectivity index (χ0n) is 9.24. The largest absolute Gasteiger partial charge is 0.454 e. The van der Waals surface area contributed by atoms with Crippen molar-refractivity contribution in [3.8, 4) is 11.5 Å². The number of hydrogen-bond acceptors (Lipinski definition) is 4. The number of benzene rings is 1. The average Bonchev–Trinajstić information content (AvgIpc) is 2.65. The van der Waals surface area contributed by atoms with E-state index in [2.05, 4.69) is 5.32 Å². The van der Waals surface area contributed by atoms with Gasteiger partial charge in [0.15, 0.2) is 11.5 Å². The normalized spacial score (nSPS) is 14.6. The molecule has 0 bridgehead atoms. The van der Waals surface area contributed by atoms with Crippen molar-refractivity contribution in [2.24, 2.45) is 5.73 Å². The fraction of sp³-hybridized carbons (Fsp3) is 0.364. The number of nitrogens with two attached hydrogens (primary N) is 1. The summed E-state index contributed by atoms with van der Waals surface area (Å²) in [4.78, 5) is 11.0. The molecular weight excluding hydrogens is 208 g/mol. The van der Waals surface area contributed by atoms with Crippen LogP contribution in [0.15, 0.2) is 12.1 Å². The Morgan fingerprint density at radius 1 is 1.44 bits per heavy atom. The molecule has 3 N–H and O–H groups in total. The Hall–Kier alpha value is -1.91. The van der Waals surface area contributed by atoms with E-state index in [4.69, 9.17) is 15.2 Å². The highest BCUT2D eigenvalue weighted by Gasteiger charge is 2.17. The second kappa shape index (κ2) is 3.92. The summed E-state index contributed by atoms with van der Waals surface area (Å²) in [5.74, 6) is 1.02. The van der Waals surface area contributed by atoms with Crippen molar-refractivity contribution in [1.82, 2.24) is 0 Å². The van der Waals surface area contributed by atoms with Crippen LogP contribution in [0.2, 0.25) is 0 Å². The van der Waals surface area contributed by atoms with Crippen molar-refractivity contribution in [3.63, 3.8) is 0 Å². The Morgan fingerprint density at radius 2 is 2.06 bits per heavy atom. The molecule has 1 amide bonds. The number of ether oxygens (including phenoxy) is 2. The molecule has 16 heavy (non-hydrogen) atoms. The van der Waals surface area contributed by atoms with E-state index in [1.807, 2.05) is 19.1 Å². The minimum atomic E-state index is -0.418. The summed E-state index contributed by atoms with van der Waals surface area (Å²) in [5, 5.41) is 3.03. The highest BCUT2D eigenvalue weighted by molar-refractivity contribution is 5.83. The van der Waals surface area contributed by atoms with Crippen LogP contribution in [0.3, 0.4) is 0 Å². The van der Waals surface area contributed by atoms with E-state index in [1.165, 1.54) is 0 Å². The van der Waals surface area contributed by atoms with Gasteiger partial charge in [0.05, 0.1) is 0 Å². The van der Waals surface area contributed by atoms with E-state index in [0.29, 0.717) is 5.75 Å². The van der Waals surface area contributed by atoms with Gasteiger partial charge in [-0.15, -0.1) is 0 Å². The predicted molar refractivity (Wildman–Crippen MR) is 59.6 cm³/mol. The highest BCUT2D eigenvalue weighted by Crippen LogP contribution is 2.36. The zero-order valence-corrected chi connectivity index (χ0v) is 9.24. The van der Waals surface area contributed by atoms with Gasteiger partial charge in [0.25, 0.3) is 0 Å². The molecule has 0 saturated carbocycles. The molecule has 1 heterocycles. The van der Waals surface area contributed by atoms with Crippen LogP contribution in [-0.2, 0) is 4.79 Å². The summed E-state index contributed by atoms with van der Waals surface area (Å²) < 4.78 is 10.5. The van der Waals surface area contributed by atoms with E-state index in [9.17, 15) is 4.79 Å². The van der Waals surface area contributed by atoms with E-state index >= 15 is 0 Å². The lowest BCUT2D eigenvalue weighted by Gasteiger charge is -2.14. The van der Waals surface area contributed by atoms with Crippen molar-refractivity contribution in [2.75, 3.05) is 12.1 Å². The smallest absolute Gasteiger partial charge is 0.239 e. The first-order chi connectivity index (χ1) is 7.58. The van der Waals surface area contributed by atoms with Gasteiger partial charge in [0, 0.05) is 11.8 Å². The summed E-state index contributed by atoms with van der Waals surface area (Å²) in [6.07, 6.45) is 0. The number of amides is 1. The molecular formula is C11H14N2O3. The molecule has 1 aromatic carbocycles. The second-order valence-electron chi connectivity index (χ2n) is 3.79. The van der Waals surface area contributed by atoms with Crippen LogP contribution >= 0.6 is 0 Å². The number of anilines is 1. The summed E-state index contributed by atoms with van der Waals surface area (Å²) in [7, 11) is 0. The topological polar surface area (TPSA) is 73.6 Å². The van der Waals surface area contributed by atoms with Gasteiger partial charge in [-0.05, 0) is 25.5 Å². The Balaban J connectivity index is 2.25. The molecule has 1 aromatic rings. The van der Waals surface area contributed by atoms with Crippen LogP contribution in [0.25, 0.3) is 0 Å². The Bertz CT molecular complexity index is 431. The quantitative estimate of drug-likeness (QED) is 0.800. The number of primary amides is 1. The van der Waals surface area contributed by atoms with Crippen LogP contribution in [0.1, 0.15) is 12.5 Å². The second-order valence-corrected chi connectivity index (χ2v) is 3.79. The number of rotatable bonds is 3. The molecule has 2 rings (SSSR count). The summed E-state index contributed by atoms with van der Waals surface area (Å²) >= 11 is 0. The SMILES string of the molecule is Cc1cc2c(cc1NC(C)C(N)=O)OCO2. The molecule has 0 radical (unpaired) electrons. The van der Waals surface area contributed by atoms with Crippen LogP contribution in [-0.4, -0.2) is 18.7 Å². The number of nitrogens with one attached hydrogen (secondary N) is 1. The molecule has 0 aliphatic carbocycles. The molecule has 0 fully saturated rings. The van der Waals surface area contributed by atoms with Gasteiger partial charge >= 0.3 is 0 Å². The van der Waals surface area contributed by atoms with Crippen LogP contribution < -0.4 is 20.5 Å². The number of fused-ring (bicyclic) bond motifs is 1. The Morgan fingerprint density at radius 3 is 2.69 bits per heavy atom. The summed E-state index contributed by atoms with van der Waals surface area (Å²) in [6, 6.07) is 3.27. The van der Waals surface area contributed by atoms with Gasteiger partial charge < -0.3 is 20.5 Å². The van der Waals surface area contributed by atoms with E-state index in [0.717, 1.165) is 17.0 Å². The molecule has 0 spiro atoms. The van der Waals surface area contributed by atoms with E-state index < -0.39 is 11.9 Å². The van der Waals surface area contributed by atoms with E-state index in [-0.39, 0.29) is 6.79 Å². The van der Waals surface area contributed by atoms with Gasteiger partial charge in [-0.2, -0.15) is 0 Å². The van der Waals surface area contributed by atoms with E-state index in [1.54, 1.807) is 6.92 Å². The summed E-state index contributed by atoms with van der Waals surface area (Å²) in [6.45, 7) is 3.88. The first-order valence-corrected chi connectivity index (χ1v) is 5.04. The number of aryl methyl sites for hydroxylation is 1. The maximum atomic E-state index is 11.0. The molecule has 0 saturated heterocycles. The lowest BCUT2D eigenvalue weighted by Crippen LogP contribution is -2.32. The number of carbonyl (C=O) groups is 1. The molecule has 5 nitrogen and oxygen atoms in total. The molecule has 1 atom stereocenters. The maximum absolute atomic E-state index is 11.0. The third-order valence-corrected chi connectivity index (χ3v) is 2.52. The van der Waals surface area contributed by atoms with Crippen LogP contribution in [0.4, 0.5) is 5.69 Å². The fourth-order valence-electron chi connectivity index (χ4n) is 1.50. The van der Waals surface area contributed by atoms with Crippen molar-refractivity contribution in [2.45, 2.75) is 19.9 Å². The monoisotopic (exact) mass is 222 g/mol. The molecule has 86 valence electrons. The molecule has 1 aliphatic rings. The first kappa shape index (κ1) is 10.6. The van der Waals surface area contributed by atoms with Crippen molar-refractivity contribution in [1.29, 1.82) is 0 Å². The third-order valence-electron chi connectivity index (χ3n) is 2.52. The summed E-state index contributed by atoms with van der Waals surface area (Å²) in [5.41, 5.74) is 7.00. The van der Waals surface area contributed by atoms with Crippen molar-refractivity contribution in [3.05, 3.63) is 17.7 Å². The highest BCUT2D eigenvalue weighted by atomic mass is 16.7. The van der Waals surface area contributed by atoms with Gasteiger partial charge in [-0.3, -0.25) is 4.79 Å². The van der Waals surface area contributed by atoms with Crippen LogP contribution in [0, 0.1) is 6.92 Å². The van der Waals surface area contributed by atoms with Gasteiger partial charge in [-0.25, -0.2) is 0 Å². The van der Waals surface area contributed by atoms with Gasteiger partial charge in [0.2, 0.25) is 12.7 Å². The molecule has 1 aliphatic heterocycles. The number of carbonyl (C=O) groups excluding carboxylic acids is 1. The Kier molecular flexibility index (Phi) is 2.60. The standard InChI is InChI=1S/C11H14N2O3/c1-6-3-9-10(16-5-15-9)4-8(6)13-7(2)11(12)14/h3-4,7,13H,5H2,1-2H3,(H2,12,14). The molecule has 5 heteroatoms. The average molecular weight is 222 g/mol. The minimum absolute atomic E-state index is 0.240. The fourth-order valence-corrected chi connectivity index (χ4v) is 1.50. The molecule has 1 unspecified atom stereocenters. The Labute approximate surface area is 93.5 Å². The first-order valence-electron chi connectivity index (χ1n) is 5.04. The molecule has 0 aromatic heterocycles. The van der Waals surface area contributed by atoms with Crippen molar-refractivity contribution < 1.29 is 14.3 Å².